The second kappa shape index (κ2) is 7.28. The number of rotatable bonds is 7. The highest BCUT2D eigenvalue weighted by atomic mass is 16.2. The van der Waals surface area contributed by atoms with Gasteiger partial charge < -0.3 is 9.80 Å². The van der Waals surface area contributed by atoms with E-state index in [4.69, 9.17) is 5.26 Å². The van der Waals surface area contributed by atoms with Crippen LogP contribution in [0.2, 0.25) is 0 Å². The van der Waals surface area contributed by atoms with Crippen molar-refractivity contribution in [1.29, 1.82) is 5.26 Å². The molecule has 2 amide bonds. The topological polar surface area (TPSA) is 64.4 Å². The third-order valence-corrected chi connectivity index (χ3v) is 3.63. The maximum Gasteiger partial charge on any atom is 0.242 e. The first kappa shape index (κ1) is 16.5. The molecule has 112 valence electrons. The summed E-state index contributed by atoms with van der Waals surface area (Å²) >= 11 is 0. The Kier molecular flexibility index (Phi) is 6.00. The molecule has 1 saturated heterocycles. The minimum absolute atomic E-state index is 0.0394. The molecule has 1 rings (SSSR count). The van der Waals surface area contributed by atoms with Gasteiger partial charge in [-0.1, -0.05) is 13.3 Å². The van der Waals surface area contributed by atoms with Gasteiger partial charge in [-0.25, -0.2) is 0 Å². The second-order valence-electron chi connectivity index (χ2n) is 6.08. The maximum absolute atomic E-state index is 12.0. The SMILES string of the molecule is CCCN1CC(=O)N(CCCCC(C)(C)C#N)CC1=O. The predicted octanol–water partition coefficient (Wildman–Crippen LogP) is 1.79. The Morgan fingerprint density at radius 2 is 1.65 bits per heavy atom. The highest BCUT2D eigenvalue weighted by molar-refractivity contribution is 5.92. The summed E-state index contributed by atoms with van der Waals surface area (Å²) in [6, 6.07) is 2.27. The molecule has 0 aromatic heterocycles. The molecule has 1 aliphatic heterocycles. The molecule has 1 aliphatic rings. The van der Waals surface area contributed by atoms with E-state index in [1.54, 1.807) is 9.80 Å². The van der Waals surface area contributed by atoms with Gasteiger partial charge in [-0.3, -0.25) is 9.59 Å². The molecule has 0 bridgehead atoms. The zero-order valence-corrected chi connectivity index (χ0v) is 12.8. The fourth-order valence-electron chi connectivity index (χ4n) is 2.31. The van der Waals surface area contributed by atoms with Crippen LogP contribution in [0, 0.1) is 16.7 Å². The van der Waals surface area contributed by atoms with Crippen LogP contribution in [0.25, 0.3) is 0 Å². The van der Waals surface area contributed by atoms with Crippen molar-refractivity contribution >= 4 is 11.8 Å². The molecule has 5 nitrogen and oxygen atoms in total. The molecule has 0 saturated carbocycles. The van der Waals surface area contributed by atoms with Crippen molar-refractivity contribution in [3.05, 3.63) is 0 Å². The van der Waals surface area contributed by atoms with Crippen molar-refractivity contribution in [2.24, 2.45) is 5.41 Å². The Balaban J connectivity index is 2.34. The zero-order chi connectivity index (χ0) is 15.2. The first-order valence-electron chi connectivity index (χ1n) is 7.36. The molecule has 0 spiro atoms. The molecule has 0 radical (unpaired) electrons. The van der Waals surface area contributed by atoms with E-state index in [2.05, 4.69) is 6.07 Å². The average molecular weight is 279 g/mol. The number of unbranched alkanes of at least 4 members (excludes halogenated alkanes) is 1. The molecule has 0 aromatic rings. The van der Waals surface area contributed by atoms with Crippen molar-refractivity contribution in [1.82, 2.24) is 9.80 Å². The standard InChI is InChI=1S/C15H25N3O2/c1-4-8-17-10-14(20)18(11-13(17)19)9-6-5-7-15(2,3)12-16/h4-11H2,1-3H3. The number of carbonyl (C=O) groups is 2. The van der Waals surface area contributed by atoms with Crippen LogP contribution in [0.4, 0.5) is 0 Å². The Hall–Kier alpha value is -1.57. The van der Waals surface area contributed by atoms with Crippen molar-refractivity contribution in [2.45, 2.75) is 46.5 Å². The lowest BCUT2D eigenvalue weighted by atomic mass is 9.89. The summed E-state index contributed by atoms with van der Waals surface area (Å²) in [6.45, 7) is 7.55. The van der Waals surface area contributed by atoms with Crippen molar-refractivity contribution in [3.8, 4) is 6.07 Å². The lowest BCUT2D eigenvalue weighted by molar-refractivity contribution is -0.150. The summed E-state index contributed by atoms with van der Waals surface area (Å²) < 4.78 is 0. The first-order valence-corrected chi connectivity index (χ1v) is 7.36. The summed E-state index contributed by atoms with van der Waals surface area (Å²) in [6.07, 6.45) is 3.44. The van der Waals surface area contributed by atoms with Gasteiger partial charge in [0, 0.05) is 13.1 Å². The summed E-state index contributed by atoms with van der Waals surface area (Å²) in [5, 5.41) is 8.93. The average Bonchev–Trinajstić information content (AvgIpc) is 2.40. The quantitative estimate of drug-likeness (QED) is 0.667. The minimum atomic E-state index is -0.306. The van der Waals surface area contributed by atoms with Gasteiger partial charge in [-0.2, -0.15) is 5.26 Å². The molecule has 1 heterocycles. The molecular weight excluding hydrogens is 254 g/mol. The fraction of sp³-hybridized carbons (Fsp3) is 0.800. The van der Waals surface area contributed by atoms with Crippen LogP contribution in [0.15, 0.2) is 0 Å². The number of carbonyl (C=O) groups excluding carboxylic acids is 2. The number of amides is 2. The van der Waals surface area contributed by atoms with E-state index in [0.29, 0.717) is 13.1 Å². The highest BCUT2D eigenvalue weighted by Gasteiger charge is 2.28. The monoisotopic (exact) mass is 279 g/mol. The van der Waals surface area contributed by atoms with Gasteiger partial charge in [-0.15, -0.1) is 0 Å². The molecule has 20 heavy (non-hydrogen) atoms. The summed E-state index contributed by atoms with van der Waals surface area (Å²) in [7, 11) is 0. The number of nitriles is 1. The first-order chi connectivity index (χ1) is 9.39. The van der Waals surface area contributed by atoms with E-state index >= 15 is 0 Å². The number of hydrogen-bond donors (Lipinski definition) is 0. The summed E-state index contributed by atoms with van der Waals surface area (Å²) in [4.78, 5) is 27.1. The normalized spacial score (nSPS) is 16.5. The third kappa shape index (κ3) is 4.84. The Labute approximate surface area is 121 Å². The van der Waals surface area contributed by atoms with E-state index < -0.39 is 0 Å². The van der Waals surface area contributed by atoms with Crippen LogP contribution in [-0.4, -0.2) is 47.8 Å². The lowest BCUT2D eigenvalue weighted by Gasteiger charge is -2.33. The molecule has 0 aromatic carbocycles. The van der Waals surface area contributed by atoms with E-state index in [0.717, 1.165) is 25.7 Å². The van der Waals surface area contributed by atoms with Gasteiger partial charge in [-0.05, 0) is 33.1 Å². The second-order valence-corrected chi connectivity index (χ2v) is 6.08. The Morgan fingerprint density at radius 1 is 1.10 bits per heavy atom. The summed E-state index contributed by atoms with van der Waals surface area (Å²) in [5.41, 5.74) is -0.306. The van der Waals surface area contributed by atoms with Gasteiger partial charge in [0.05, 0.1) is 24.6 Å². The van der Waals surface area contributed by atoms with Gasteiger partial charge in [0.2, 0.25) is 11.8 Å². The molecule has 0 unspecified atom stereocenters. The number of nitrogens with zero attached hydrogens (tertiary/aromatic N) is 3. The third-order valence-electron chi connectivity index (χ3n) is 3.63. The highest BCUT2D eigenvalue weighted by Crippen LogP contribution is 2.21. The number of hydrogen-bond acceptors (Lipinski definition) is 3. The van der Waals surface area contributed by atoms with E-state index in [-0.39, 0.29) is 30.3 Å². The van der Waals surface area contributed by atoms with E-state index in [9.17, 15) is 9.59 Å². The summed E-state index contributed by atoms with van der Waals surface area (Å²) in [5.74, 6) is 0.0846. The molecule has 5 heteroatoms. The van der Waals surface area contributed by atoms with Crippen LogP contribution >= 0.6 is 0 Å². The minimum Gasteiger partial charge on any atom is -0.332 e. The maximum atomic E-state index is 12.0. The Bertz CT molecular complexity index is 398. The smallest absolute Gasteiger partial charge is 0.242 e. The van der Waals surface area contributed by atoms with Crippen LogP contribution in [0.5, 0.6) is 0 Å². The van der Waals surface area contributed by atoms with Gasteiger partial charge in [0.1, 0.15) is 0 Å². The zero-order valence-electron chi connectivity index (χ0n) is 12.8. The van der Waals surface area contributed by atoms with Crippen LogP contribution in [0.3, 0.4) is 0 Å². The molecule has 0 aliphatic carbocycles. The van der Waals surface area contributed by atoms with Crippen molar-refractivity contribution in [3.63, 3.8) is 0 Å². The molecule has 0 atom stereocenters. The van der Waals surface area contributed by atoms with Crippen molar-refractivity contribution < 1.29 is 9.59 Å². The van der Waals surface area contributed by atoms with Crippen molar-refractivity contribution in [2.75, 3.05) is 26.2 Å². The predicted molar refractivity (Wildman–Crippen MR) is 76.7 cm³/mol. The Morgan fingerprint density at radius 3 is 2.15 bits per heavy atom. The number of piperazine rings is 1. The van der Waals surface area contributed by atoms with Crippen LogP contribution < -0.4 is 0 Å². The van der Waals surface area contributed by atoms with Crippen LogP contribution in [-0.2, 0) is 9.59 Å². The molecule has 0 N–H and O–H groups in total. The van der Waals surface area contributed by atoms with Gasteiger partial charge >= 0.3 is 0 Å². The van der Waals surface area contributed by atoms with Gasteiger partial charge in [0.15, 0.2) is 0 Å². The molecular formula is C15H25N3O2. The van der Waals surface area contributed by atoms with E-state index in [1.807, 2.05) is 20.8 Å². The van der Waals surface area contributed by atoms with Crippen LogP contribution in [0.1, 0.15) is 46.5 Å². The van der Waals surface area contributed by atoms with E-state index in [1.165, 1.54) is 0 Å². The fourth-order valence-corrected chi connectivity index (χ4v) is 2.31. The van der Waals surface area contributed by atoms with Gasteiger partial charge in [0.25, 0.3) is 0 Å². The molecule has 1 fully saturated rings. The largest absolute Gasteiger partial charge is 0.332 e. The lowest BCUT2D eigenvalue weighted by Crippen LogP contribution is -2.54.